The summed E-state index contributed by atoms with van der Waals surface area (Å²) in [6.07, 6.45) is 0.468. The van der Waals surface area contributed by atoms with Gasteiger partial charge < -0.3 is 11.1 Å². The Morgan fingerprint density at radius 1 is 1.54 bits per heavy atom. The van der Waals surface area contributed by atoms with Gasteiger partial charge in [0.05, 0.1) is 11.3 Å². The number of carbonyl (C=O) groups is 2. The number of primary amides is 1. The predicted molar refractivity (Wildman–Crippen MR) is 49.7 cm³/mol. The van der Waals surface area contributed by atoms with Crippen LogP contribution in [-0.2, 0) is 4.79 Å². The molecule has 1 aromatic carbocycles. The van der Waals surface area contributed by atoms with Crippen molar-refractivity contribution in [3.8, 4) is 0 Å². The quantitative estimate of drug-likeness (QED) is 0.712. The van der Waals surface area contributed by atoms with Crippen molar-refractivity contribution in [2.24, 2.45) is 5.73 Å². The number of nitrogens with one attached hydrogen (secondary N) is 1. The predicted octanol–water partition coefficient (Wildman–Crippen LogP) is 1.01. The standard InChI is InChI=1S/C8H7ClN2O2/c9-5-1-2-7(11-4-12)6(3-5)8(10)13/h1-4H,(H2,10,13)(H,11,12). The molecule has 0 fully saturated rings. The number of halogens is 1. The van der Waals surface area contributed by atoms with Crippen LogP contribution in [0.2, 0.25) is 5.02 Å². The van der Waals surface area contributed by atoms with Crippen LogP contribution >= 0.6 is 11.6 Å². The number of amides is 2. The molecule has 0 aliphatic heterocycles. The molecule has 0 saturated heterocycles. The molecular weight excluding hydrogens is 192 g/mol. The zero-order valence-electron chi connectivity index (χ0n) is 6.58. The summed E-state index contributed by atoms with van der Waals surface area (Å²) in [5.41, 5.74) is 5.61. The molecule has 1 rings (SSSR count). The molecule has 68 valence electrons. The Balaban J connectivity index is 3.17. The van der Waals surface area contributed by atoms with Crippen molar-refractivity contribution >= 4 is 29.6 Å². The van der Waals surface area contributed by atoms with Crippen molar-refractivity contribution in [3.63, 3.8) is 0 Å². The third kappa shape index (κ3) is 2.19. The smallest absolute Gasteiger partial charge is 0.250 e. The van der Waals surface area contributed by atoms with Crippen LogP contribution < -0.4 is 11.1 Å². The highest BCUT2D eigenvalue weighted by molar-refractivity contribution is 6.31. The summed E-state index contributed by atoms with van der Waals surface area (Å²) < 4.78 is 0. The summed E-state index contributed by atoms with van der Waals surface area (Å²) in [5, 5.41) is 2.74. The van der Waals surface area contributed by atoms with Gasteiger partial charge in [0.2, 0.25) is 6.41 Å². The number of hydrogen-bond acceptors (Lipinski definition) is 2. The molecule has 0 bridgehead atoms. The number of nitrogens with two attached hydrogens (primary N) is 1. The van der Waals surface area contributed by atoms with Gasteiger partial charge in [-0.1, -0.05) is 11.6 Å². The van der Waals surface area contributed by atoms with E-state index in [0.29, 0.717) is 17.1 Å². The number of hydrogen-bond donors (Lipinski definition) is 2. The molecule has 0 saturated carbocycles. The van der Waals surface area contributed by atoms with Gasteiger partial charge >= 0.3 is 0 Å². The lowest BCUT2D eigenvalue weighted by atomic mass is 10.1. The Bertz CT molecular complexity index is 352. The minimum Gasteiger partial charge on any atom is -0.366 e. The first kappa shape index (κ1) is 9.54. The van der Waals surface area contributed by atoms with Crippen molar-refractivity contribution in [2.45, 2.75) is 0 Å². The van der Waals surface area contributed by atoms with Crippen LogP contribution in [0.5, 0.6) is 0 Å². The van der Waals surface area contributed by atoms with E-state index in [-0.39, 0.29) is 5.56 Å². The lowest BCUT2D eigenvalue weighted by molar-refractivity contribution is -0.105. The molecule has 0 aliphatic carbocycles. The number of benzene rings is 1. The van der Waals surface area contributed by atoms with Crippen LogP contribution in [0.15, 0.2) is 18.2 Å². The minimum atomic E-state index is -0.633. The van der Waals surface area contributed by atoms with Gasteiger partial charge in [-0.2, -0.15) is 0 Å². The van der Waals surface area contributed by atoms with Gasteiger partial charge in [0.15, 0.2) is 0 Å². The van der Waals surface area contributed by atoms with Gasteiger partial charge in [0.1, 0.15) is 0 Å². The zero-order chi connectivity index (χ0) is 9.84. The lowest BCUT2D eigenvalue weighted by Gasteiger charge is -2.04. The third-order valence-corrected chi connectivity index (χ3v) is 1.70. The fraction of sp³-hybridized carbons (Fsp3) is 0. The first-order valence-electron chi connectivity index (χ1n) is 3.44. The molecule has 1 aromatic rings. The highest BCUT2D eigenvalue weighted by atomic mass is 35.5. The Labute approximate surface area is 79.7 Å². The Kier molecular flexibility index (Phi) is 2.87. The van der Waals surface area contributed by atoms with Crippen LogP contribution in [0, 0.1) is 0 Å². The van der Waals surface area contributed by atoms with Crippen molar-refractivity contribution in [1.82, 2.24) is 0 Å². The van der Waals surface area contributed by atoms with E-state index >= 15 is 0 Å². The third-order valence-electron chi connectivity index (χ3n) is 1.46. The molecule has 3 N–H and O–H groups in total. The van der Waals surface area contributed by atoms with E-state index in [0.717, 1.165) is 0 Å². The van der Waals surface area contributed by atoms with E-state index in [4.69, 9.17) is 17.3 Å². The molecule has 13 heavy (non-hydrogen) atoms. The lowest BCUT2D eigenvalue weighted by Crippen LogP contribution is -2.13. The minimum absolute atomic E-state index is 0.194. The van der Waals surface area contributed by atoms with Crippen molar-refractivity contribution in [2.75, 3.05) is 5.32 Å². The Hall–Kier alpha value is -1.55. The second-order valence-corrected chi connectivity index (χ2v) is 2.75. The maximum atomic E-state index is 10.9. The fourth-order valence-electron chi connectivity index (χ4n) is 0.910. The molecule has 2 amide bonds. The van der Waals surface area contributed by atoms with Crippen LogP contribution in [-0.4, -0.2) is 12.3 Å². The van der Waals surface area contributed by atoms with Gasteiger partial charge in [-0.25, -0.2) is 0 Å². The van der Waals surface area contributed by atoms with Crippen molar-refractivity contribution < 1.29 is 9.59 Å². The van der Waals surface area contributed by atoms with Gasteiger partial charge in [0.25, 0.3) is 5.91 Å². The summed E-state index contributed by atoms with van der Waals surface area (Å²) >= 11 is 5.64. The molecule has 0 aromatic heterocycles. The normalized spacial score (nSPS) is 9.31. The molecule has 0 aliphatic rings. The fourth-order valence-corrected chi connectivity index (χ4v) is 1.08. The highest BCUT2D eigenvalue weighted by Gasteiger charge is 2.07. The summed E-state index contributed by atoms with van der Waals surface area (Å²) in [4.78, 5) is 21.0. The molecule has 0 unspecified atom stereocenters. The van der Waals surface area contributed by atoms with Gasteiger partial charge in [-0.3, -0.25) is 9.59 Å². The van der Waals surface area contributed by atoms with Crippen molar-refractivity contribution in [1.29, 1.82) is 0 Å². The van der Waals surface area contributed by atoms with E-state index in [1.807, 2.05) is 0 Å². The average Bonchev–Trinajstić information content (AvgIpc) is 2.08. The molecule has 0 heterocycles. The van der Waals surface area contributed by atoms with E-state index < -0.39 is 5.91 Å². The average molecular weight is 199 g/mol. The topological polar surface area (TPSA) is 72.2 Å². The molecule has 0 atom stereocenters. The van der Waals surface area contributed by atoms with E-state index in [2.05, 4.69) is 5.32 Å². The zero-order valence-corrected chi connectivity index (χ0v) is 7.34. The monoisotopic (exact) mass is 198 g/mol. The van der Waals surface area contributed by atoms with E-state index in [1.54, 1.807) is 6.07 Å². The number of anilines is 1. The van der Waals surface area contributed by atoms with Crippen molar-refractivity contribution in [3.05, 3.63) is 28.8 Å². The Morgan fingerprint density at radius 3 is 2.77 bits per heavy atom. The van der Waals surface area contributed by atoms with Crippen LogP contribution in [0.4, 0.5) is 5.69 Å². The number of carbonyl (C=O) groups excluding carboxylic acids is 2. The van der Waals surface area contributed by atoms with Gasteiger partial charge in [-0.15, -0.1) is 0 Å². The molecule has 4 nitrogen and oxygen atoms in total. The van der Waals surface area contributed by atoms with Crippen LogP contribution in [0.1, 0.15) is 10.4 Å². The summed E-state index contributed by atoms with van der Waals surface area (Å²) in [6.45, 7) is 0. The van der Waals surface area contributed by atoms with Gasteiger partial charge in [0, 0.05) is 5.02 Å². The Morgan fingerprint density at radius 2 is 2.23 bits per heavy atom. The highest BCUT2D eigenvalue weighted by Crippen LogP contribution is 2.19. The number of rotatable bonds is 3. The second kappa shape index (κ2) is 3.91. The summed E-state index contributed by atoms with van der Waals surface area (Å²) in [7, 11) is 0. The van der Waals surface area contributed by atoms with Crippen LogP contribution in [0.3, 0.4) is 0 Å². The molecule has 0 radical (unpaired) electrons. The summed E-state index contributed by atoms with van der Waals surface area (Å²) in [6, 6.07) is 4.46. The first-order valence-corrected chi connectivity index (χ1v) is 3.82. The maximum absolute atomic E-state index is 10.9. The molecular formula is C8H7ClN2O2. The van der Waals surface area contributed by atoms with E-state index in [1.165, 1.54) is 12.1 Å². The molecule has 5 heteroatoms. The SMILES string of the molecule is NC(=O)c1cc(Cl)ccc1NC=O. The van der Waals surface area contributed by atoms with Gasteiger partial charge in [-0.05, 0) is 18.2 Å². The first-order chi connectivity index (χ1) is 6.15. The maximum Gasteiger partial charge on any atom is 0.250 e. The largest absolute Gasteiger partial charge is 0.366 e. The molecule has 0 spiro atoms. The summed E-state index contributed by atoms with van der Waals surface area (Å²) in [5.74, 6) is -0.633. The van der Waals surface area contributed by atoms with Crippen LogP contribution in [0.25, 0.3) is 0 Å². The van der Waals surface area contributed by atoms with E-state index in [9.17, 15) is 9.59 Å². The second-order valence-electron chi connectivity index (χ2n) is 2.32.